The molecule has 2 unspecified atom stereocenters. The lowest BCUT2D eigenvalue weighted by molar-refractivity contribution is -0.147. The Kier molecular flexibility index (Phi) is 4.40. The molecule has 2 atom stereocenters. The lowest BCUT2D eigenvalue weighted by Crippen LogP contribution is -2.40. The number of nitrogens with zero attached hydrogens (tertiary/aromatic N) is 1. The Hall–Kier alpha value is -0.870. The van der Waals surface area contributed by atoms with Gasteiger partial charge in [-0.1, -0.05) is 34.1 Å². The third-order valence-corrected chi connectivity index (χ3v) is 4.35. The fraction of sp³-hybridized carbons (Fsp3) is 0.500. The first kappa shape index (κ1) is 13.6. The molecule has 3 nitrogen and oxygen atoms in total. The van der Waals surface area contributed by atoms with Gasteiger partial charge < -0.3 is 9.64 Å². The van der Waals surface area contributed by atoms with Gasteiger partial charge in [-0.3, -0.25) is 4.79 Å². The predicted octanol–water partition coefficient (Wildman–Crippen LogP) is 2.66. The number of ether oxygens (including phenoxy) is 1. The maximum absolute atomic E-state index is 11.9. The van der Waals surface area contributed by atoms with E-state index in [1.165, 1.54) is 12.7 Å². The van der Waals surface area contributed by atoms with Crippen LogP contribution in [0.2, 0.25) is 0 Å². The van der Waals surface area contributed by atoms with E-state index in [9.17, 15) is 4.79 Å². The maximum Gasteiger partial charge on any atom is 0.309 e. The van der Waals surface area contributed by atoms with Crippen molar-refractivity contribution in [3.8, 4) is 0 Å². The molecule has 2 rings (SSSR count). The van der Waals surface area contributed by atoms with Gasteiger partial charge >= 0.3 is 5.97 Å². The number of rotatable bonds is 2. The molecule has 0 aromatic heterocycles. The van der Waals surface area contributed by atoms with E-state index in [0.29, 0.717) is 0 Å². The van der Waals surface area contributed by atoms with Crippen molar-refractivity contribution in [2.75, 3.05) is 27.2 Å². The van der Waals surface area contributed by atoms with Gasteiger partial charge in [0, 0.05) is 16.9 Å². The first-order valence-corrected chi connectivity index (χ1v) is 6.93. The number of carbonyl (C=O) groups excluding carboxylic acids is 1. The molecule has 1 heterocycles. The average molecular weight is 312 g/mol. The highest BCUT2D eigenvalue weighted by atomic mass is 79.9. The van der Waals surface area contributed by atoms with Gasteiger partial charge in [-0.25, -0.2) is 0 Å². The predicted molar refractivity (Wildman–Crippen MR) is 74.5 cm³/mol. The molecule has 0 radical (unpaired) electrons. The molecule has 0 N–H and O–H groups in total. The second-order valence-electron chi connectivity index (χ2n) is 4.81. The van der Waals surface area contributed by atoms with Crippen molar-refractivity contribution >= 4 is 21.9 Å². The maximum atomic E-state index is 11.9. The summed E-state index contributed by atoms with van der Waals surface area (Å²) in [6.45, 7) is 1.84. The Bertz CT molecular complexity index is 436. The summed E-state index contributed by atoms with van der Waals surface area (Å²) in [5.41, 5.74) is 1.19. The summed E-state index contributed by atoms with van der Waals surface area (Å²) in [6, 6.07) is 8.12. The lowest BCUT2D eigenvalue weighted by Gasteiger charge is -2.35. The van der Waals surface area contributed by atoms with E-state index < -0.39 is 0 Å². The number of likely N-dealkylation sites (tertiary alicyclic amines) is 1. The molecule has 4 heteroatoms. The lowest BCUT2D eigenvalue weighted by atomic mass is 9.81. The number of likely N-dealkylation sites (N-methyl/N-ethyl adjacent to an activating group) is 1. The Balaban J connectivity index is 2.31. The zero-order valence-corrected chi connectivity index (χ0v) is 12.3. The van der Waals surface area contributed by atoms with Gasteiger partial charge in [0.1, 0.15) is 0 Å². The first-order chi connectivity index (χ1) is 8.63. The van der Waals surface area contributed by atoms with E-state index in [2.05, 4.69) is 33.9 Å². The van der Waals surface area contributed by atoms with Crippen LogP contribution in [0.5, 0.6) is 0 Å². The third-order valence-electron chi connectivity index (χ3n) is 3.62. The summed E-state index contributed by atoms with van der Waals surface area (Å²) < 4.78 is 6.01. The van der Waals surface area contributed by atoms with Crippen LogP contribution in [0.4, 0.5) is 0 Å². The molecule has 1 aromatic rings. The average Bonchev–Trinajstić information content (AvgIpc) is 2.38. The standard InChI is InChI=1S/C14H18BrNO2/c1-16-8-7-11(14(17)18-2)12(9-16)10-5-3-4-6-13(10)15/h3-6,11-12H,7-9H2,1-2H3. The van der Waals surface area contributed by atoms with Crippen LogP contribution >= 0.6 is 15.9 Å². The van der Waals surface area contributed by atoms with Crippen LogP contribution in [0.25, 0.3) is 0 Å². The number of halogens is 1. The van der Waals surface area contributed by atoms with E-state index in [1.54, 1.807) is 0 Å². The third kappa shape index (κ3) is 2.75. The molecule has 0 aliphatic carbocycles. The summed E-state index contributed by atoms with van der Waals surface area (Å²) in [7, 11) is 3.56. The smallest absolute Gasteiger partial charge is 0.309 e. The van der Waals surface area contributed by atoms with E-state index in [4.69, 9.17) is 4.74 Å². The number of benzene rings is 1. The van der Waals surface area contributed by atoms with E-state index >= 15 is 0 Å². The van der Waals surface area contributed by atoms with Crippen LogP contribution in [-0.4, -0.2) is 38.1 Å². The molecule has 0 bridgehead atoms. The monoisotopic (exact) mass is 311 g/mol. The van der Waals surface area contributed by atoms with E-state index in [1.807, 2.05) is 18.2 Å². The van der Waals surface area contributed by atoms with Crippen molar-refractivity contribution in [3.05, 3.63) is 34.3 Å². The summed E-state index contributed by atoms with van der Waals surface area (Å²) in [6.07, 6.45) is 0.856. The minimum atomic E-state index is -0.0937. The molecule has 98 valence electrons. The van der Waals surface area contributed by atoms with Crippen LogP contribution < -0.4 is 0 Å². The molecular formula is C14H18BrNO2. The zero-order valence-electron chi connectivity index (χ0n) is 10.7. The number of hydrogen-bond acceptors (Lipinski definition) is 3. The van der Waals surface area contributed by atoms with Crippen LogP contribution in [0.3, 0.4) is 0 Å². The fourth-order valence-electron chi connectivity index (χ4n) is 2.64. The van der Waals surface area contributed by atoms with Gasteiger partial charge in [0.2, 0.25) is 0 Å². The molecule has 1 aliphatic rings. The van der Waals surface area contributed by atoms with Gasteiger partial charge in [0.15, 0.2) is 0 Å². The molecule has 1 aromatic carbocycles. The quantitative estimate of drug-likeness (QED) is 0.786. The van der Waals surface area contributed by atoms with Gasteiger partial charge in [-0.15, -0.1) is 0 Å². The van der Waals surface area contributed by atoms with E-state index in [0.717, 1.165) is 24.0 Å². The van der Waals surface area contributed by atoms with Crippen LogP contribution in [0, 0.1) is 5.92 Å². The zero-order chi connectivity index (χ0) is 13.1. The van der Waals surface area contributed by atoms with Crippen molar-refractivity contribution in [1.29, 1.82) is 0 Å². The number of methoxy groups -OCH3 is 1. The van der Waals surface area contributed by atoms with Gasteiger partial charge in [0.05, 0.1) is 13.0 Å². The molecule has 0 saturated carbocycles. The minimum Gasteiger partial charge on any atom is -0.469 e. The summed E-state index contributed by atoms with van der Waals surface area (Å²) in [5, 5.41) is 0. The van der Waals surface area contributed by atoms with E-state index in [-0.39, 0.29) is 17.8 Å². The van der Waals surface area contributed by atoms with Crippen molar-refractivity contribution in [2.24, 2.45) is 5.92 Å². The number of carbonyl (C=O) groups is 1. The molecule has 0 amide bonds. The minimum absolute atomic E-state index is 0.0371. The Morgan fingerprint density at radius 3 is 2.83 bits per heavy atom. The topological polar surface area (TPSA) is 29.5 Å². The molecule has 1 fully saturated rings. The second-order valence-corrected chi connectivity index (χ2v) is 5.66. The van der Waals surface area contributed by atoms with Gasteiger partial charge in [-0.05, 0) is 31.6 Å². The normalized spacial score (nSPS) is 24.8. The number of esters is 1. The van der Waals surface area contributed by atoms with Crippen LogP contribution in [-0.2, 0) is 9.53 Å². The van der Waals surface area contributed by atoms with Crippen molar-refractivity contribution in [1.82, 2.24) is 4.90 Å². The Labute approximate surface area is 116 Å². The highest BCUT2D eigenvalue weighted by Gasteiger charge is 2.35. The highest BCUT2D eigenvalue weighted by molar-refractivity contribution is 9.10. The first-order valence-electron chi connectivity index (χ1n) is 6.14. The number of hydrogen-bond donors (Lipinski definition) is 0. The number of piperidine rings is 1. The van der Waals surface area contributed by atoms with Crippen LogP contribution in [0.15, 0.2) is 28.7 Å². The molecule has 18 heavy (non-hydrogen) atoms. The Morgan fingerprint density at radius 2 is 2.17 bits per heavy atom. The summed E-state index contributed by atoms with van der Waals surface area (Å²) in [4.78, 5) is 14.2. The molecular weight excluding hydrogens is 294 g/mol. The Morgan fingerprint density at radius 1 is 1.44 bits per heavy atom. The second kappa shape index (κ2) is 5.85. The van der Waals surface area contributed by atoms with Gasteiger partial charge in [-0.2, -0.15) is 0 Å². The molecule has 1 aliphatic heterocycles. The summed E-state index contributed by atoms with van der Waals surface area (Å²) >= 11 is 3.58. The molecule has 0 spiro atoms. The van der Waals surface area contributed by atoms with Crippen LogP contribution in [0.1, 0.15) is 17.9 Å². The fourth-order valence-corrected chi connectivity index (χ4v) is 3.22. The van der Waals surface area contributed by atoms with Crippen molar-refractivity contribution in [2.45, 2.75) is 12.3 Å². The highest BCUT2D eigenvalue weighted by Crippen LogP contribution is 2.36. The van der Waals surface area contributed by atoms with Gasteiger partial charge in [0.25, 0.3) is 0 Å². The summed E-state index contributed by atoms with van der Waals surface area (Å²) in [5.74, 6) is 0.0699. The van der Waals surface area contributed by atoms with Crippen molar-refractivity contribution < 1.29 is 9.53 Å². The largest absolute Gasteiger partial charge is 0.469 e. The van der Waals surface area contributed by atoms with Crippen molar-refractivity contribution in [3.63, 3.8) is 0 Å². The SMILES string of the molecule is COC(=O)C1CCN(C)CC1c1ccccc1Br. The molecule has 1 saturated heterocycles.